The Morgan fingerprint density at radius 1 is 0.964 bits per heavy atom. The number of aryl methyl sites for hydroxylation is 1. The number of hydrogen-bond acceptors (Lipinski definition) is 2. The molecule has 0 heterocycles. The molecule has 2 aromatic rings. The molecule has 0 aromatic heterocycles. The van der Waals surface area contributed by atoms with E-state index in [1.165, 1.54) is 54.4 Å². The summed E-state index contributed by atoms with van der Waals surface area (Å²) < 4.78 is 6.21. The van der Waals surface area contributed by atoms with Crippen molar-refractivity contribution in [3.63, 3.8) is 0 Å². The molecule has 28 heavy (non-hydrogen) atoms. The van der Waals surface area contributed by atoms with E-state index in [0.29, 0.717) is 0 Å². The number of benzene rings is 2. The molecular weight excluding hydrogens is 342 g/mol. The highest BCUT2D eigenvalue weighted by Gasteiger charge is 2.13. The molecule has 2 heteroatoms. The van der Waals surface area contributed by atoms with E-state index >= 15 is 0 Å². The van der Waals surface area contributed by atoms with Crippen molar-refractivity contribution in [1.82, 2.24) is 5.32 Å². The van der Waals surface area contributed by atoms with Crippen molar-refractivity contribution in [2.24, 2.45) is 0 Å². The lowest BCUT2D eigenvalue weighted by atomic mass is 10.0. The van der Waals surface area contributed by atoms with Gasteiger partial charge >= 0.3 is 0 Å². The van der Waals surface area contributed by atoms with Gasteiger partial charge in [0.2, 0.25) is 0 Å². The van der Waals surface area contributed by atoms with E-state index < -0.39 is 0 Å². The van der Waals surface area contributed by atoms with Gasteiger partial charge in [0.25, 0.3) is 0 Å². The topological polar surface area (TPSA) is 21.3 Å². The van der Waals surface area contributed by atoms with Crippen molar-refractivity contribution in [3.05, 3.63) is 78.2 Å². The zero-order chi connectivity index (χ0) is 19.4. The van der Waals surface area contributed by atoms with Crippen LogP contribution in [0.4, 0.5) is 0 Å². The molecule has 0 saturated carbocycles. The molecule has 0 fully saturated rings. The lowest BCUT2D eigenvalue weighted by molar-refractivity contribution is 0.304. The molecule has 2 nitrogen and oxygen atoms in total. The fourth-order valence-electron chi connectivity index (χ4n) is 3.77. The minimum Gasteiger partial charge on any atom is -0.493 e. The fraction of sp³-hybridized carbons (Fsp3) is 0.423. The highest BCUT2D eigenvalue weighted by atomic mass is 16.5. The van der Waals surface area contributed by atoms with E-state index in [1.54, 1.807) is 0 Å². The maximum Gasteiger partial charge on any atom is 0.126 e. The van der Waals surface area contributed by atoms with Gasteiger partial charge in [-0.2, -0.15) is 0 Å². The van der Waals surface area contributed by atoms with Crippen LogP contribution >= 0.6 is 0 Å². The normalized spacial score (nSPS) is 13.5. The van der Waals surface area contributed by atoms with Gasteiger partial charge < -0.3 is 10.1 Å². The maximum atomic E-state index is 6.21. The summed E-state index contributed by atoms with van der Waals surface area (Å²) in [5.74, 6) is 1.05. The lowest BCUT2D eigenvalue weighted by Gasteiger charge is -2.15. The standard InChI is InChI=1S/C26H34NO/c1-2-18-27-21-23-16-17-26(25(20-23)24-14-8-9-15-24)28-19-10-4-7-13-22-11-5-3-6-12-22/h3,5-6,11-12,14,16-17,20,27H,1-2,4,7-10,13,15,18-19,21H2. The van der Waals surface area contributed by atoms with Gasteiger partial charge in [0, 0.05) is 12.1 Å². The number of nitrogens with one attached hydrogen (secondary N) is 1. The van der Waals surface area contributed by atoms with Gasteiger partial charge in [-0.25, -0.2) is 0 Å². The molecule has 1 N–H and O–H groups in total. The van der Waals surface area contributed by atoms with Crippen molar-refractivity contribution in [3.8, 4) is 5.75 Å². The summed E-state index contributed by atoms with van der Waals surface area (Å²) in [6.45, 7) is 6.55. The van der Waals surface area contributed by atoms with Gasteiger partial charge in [-0.05, 0) is 86.7 Å². The summed E-state index contributed by atoms with van der Waals surface area (Å²) in [4.78, 5) is 0. The molecule has 1 radical (unpaired) electrons. The van der Waals surface area contributed by atoms with Gasteiger partial charge in [-0.15, -0.1) is 0 Å². The van der Waals surface area contributed by atoms with E-state index in [-0.39, 0.29) is 0 Å². The Morgan fingerprint density at radius 3 is 2.64 bits per heavy atom. The van der Waals surface area contributed by atoms with Gasteiger partial charge in [0.15, 0.2) is 0 Å². The first-order valence-corrected chi connectivity index (χ1v) is 10.9. The van der Waals surface area contributed by atoms with Crippen molar-refractivity contribution < 1.29 is 4.74 Å². The van der Waals surface area contributed by atoms with Crippen LogP contribution in [0.5, 0.6) is 5.75 Å². The number of hydrogen-bond donors (Lipinski definition) is 1. The Morgan fingerprint density at radius 2 is 1.86 bits per heavy atom. The molecule has 0 atom stereocenters. The molecule has 149 valence electrons. The van der Waals surface area contributed by atoms with Crippen LogP contribution in [0.1, 0.15) is 61.6 Å². The quantitative estimate of drug-likeness (QED) is 0.435. The largest absolute Gasteiger partial charge is 0.493 e. The molecule has 0 bridgehead atoms. The molecule has 0 unspecified atom stereocenters. The third-order valence-corrected chi connectivity index (χ3v) is 5.32. The highest BCUT2D eigenvalue weighted by Crippen LogP contribution is 2.34. The molecule has 0 spiro atoms. The summed E-state index contributed by atoms with van der Waals surface area (Å²) in [6, 6.07) is 17.4. The Balaban J connectivity index is 1.49. The van der Waals surface area contributed by atoms with Gasteiger partial charge in [0.05, 0.1) is 6.61 Å². The van der Waals surface area contributed by atoms with Crippen molar-refractivity contribution >= 4 is 5.57 Å². The summed E-state index contributed by atoms with van der Waals surface area (Å²) >= 11 is 0. The zero-order valence-corrected chi connectivity index (χ0v) is 17.1. The molecule has 3 rings (SSSR count). The Hall–Kier alpha value is -2.06. The Labute approximate surface area is 171 Å². The first kappa shape index (κ1) is 20.7. The lowest BCUT2D eigenvalue weighted by Crippen LogP contribution is -2.14. The number of ether oxygens (including phenoxy) is 1. The predicted octanol–water partition coefficient (Wildman–Crippen LogP) is 6.36. The monoisotopic (exact) mass is 376 g/mol. The van der Waals surface area contributed by atoms with Crippen LogP contribution in [-0.4, -0.2) is 13.2 Å². The highest BCUT2D eigenvalue weighted by molar-refractivity contribution is 5.72. The van der Waals surface area contributed by atoms with Crippen LogP contribution in [0.2, 0.25) is 0 Å². The number of rotatable bonds is 12. The second-order valence-electron chi connectivity index (χ2n) is 7.63. The molecular formula is C26H34NO. The molecule has 2 aromatic carbocycles. The third-order valence-electron chi connectivity index (χ3n) is 5.32. The van der Waals surface area contributed by atoms with Crippen LogP contribution in [0.3, 0.4) is 0 Å². The number of unbranched alkanes of at least 4 members (excludes halogenated alkanes) is 2. The van der Waals surface area contributed by atoms with Crippen molar-refractivity contribution in [2.45, 2.75) is 57.9 Å². The van der Waals surface area contributed by atoms with E-state index in [1.807, 2.05) is 0 Å². The van der Waals surface area contributed by atoms with E-state index in [0.717, 1.165) is 44.7 Å². The van der Waals surface area contributed by atoms with Crippen molar-refractivity contribution in [2.75, 3.05) is 13.2 Å². The summed E-state index contributed by atoms with van der Waals surface area (Å²) in [5.41, 5.74) is 5.52. The van der Waals surface area contributed by atoms with E-state index in [9.17, 15) is 0 Å². The third kappa shape index (κ3) is 6.53. The summed E-state index contributed by atoms with van der Waals surface area (Å²) in [6.07, 6.45) is 11.6. The fourth-order valence-corrected chi connectivity index (χ4v) is 3.77. The van der Waals surface area contributed by atoms with Crippen molar-refractivity contribution in [1.29, 1.82) is 0 Å². The van der Waals surface area contributed by atoms with E-state index in [4.69, 9.17) is 4.74 Å². The van der Waals surface area contributed by atoms with E-state index in [2.05, 4.69) is 66.8 Å². The second kappa shape index (κ2) is 11.7. The zero-order valence-electron chi connectivity index (χ0n) is 17.1. The Kier molecular flexibility index (Phi) is 8.64. The average molecular weight is 377 g/mol. The smallest absolute Gasteiger partial charge is 0.126 e. The SMILES string of the molecule is [CH2]CCNCc1ccc(OCCCCCc2ccccc2)c(C2=CCCC2)c1. The van der Waals surface area contributed by atoms with Crippen LogP contribution in [-0.2, 0) is 13.0 Å². The maximum absolute atomic E-state index is 6.21. The van der Waals surface area contributed by atoms with Gasteiger partial charge in [-0.3, -0.25) is 0 Å². The first-order valence-electron chi connectivity index (χ1n) is 10.9. The van der Waals surface area contributed by atoms with Crippen LogP contribution < -0.4 is 10.1 Å². The molecule has 0 amide bonds. The Bertz CT molecular complexity index is 735. The second-order valence-corrected chi connectivity index (χ2v) is 7.63. The molecule has 0 saturated heterocycles. The van der Waals surface area contributed by atoms with Crippen LogP contribution in [0, 0.1) is 6.92 Å². The first-order chi connectivity index (χ1) is 13.9. The van der Waals surface area contributed by atoms with Gasteiger partial charge in [0.1, 0.15) is 5.75 Å². The minimum atomic E-state index is 0.800. The minimum absolute atomic E-state index is 0.800. The van der Waals surface area contributed by atoms with Crippen LogP contribution in [0.15, 0.2) is 54.6 Å². The van der Waals surface area contributed by atoms with Gasteiger partial charge in [-0.1, -0.05) is 49.4 Å². The number of allylic oxidation sites excluding steroid dienone is 2. The molecule has 1 aliphatic carbocycles. The summed E-state index contributed by atoms with van der Waals surface area (Å²) in [5, 5.41) is 3.45. The average Bonchev–Trinajstić information content (AvgIpc) is 3.27. The summed E-state index contributed by atoms with van der Waals surface area (Å²) in [7, 11) is 0. The predicted molar refractivity (Wildman–Crippen MR) is 119 cm³/mol. The molecule has 1 aliphatic rings. The molecule has 0 aliphatic heterocycles. The van der Waals surface area contributed by atoms with Crippen LogP contribution in [0.25, 0.3) is 5.57 Å².